The van der Waals surface area contributed by atoms with Gasteiger partial charge in [0.05, 0.1) is 6.20 Å². The van der Waals surface area contributed by atoms with E-state index in [4.69, 9.17) is 4.74 Å². The Labute approximate surface area is 132 Å². The number of H-pyrrole nitrogens is 1. The molecule has 0 saturated heterocycles. The highest BCUT2D eigenvalue weighted by Gasteiger charge is 2.22. The number of ether oxygens (including phenoxy) is 1. The van der Waals surface area contributed by atoms with Gasteiger partial charge >= 0.3 is 5.88 Å². The molecule has 1 N–H and O–H groups in total. The van der Waals surface area contributed by atoms with E-state index in [-0.39, 0.29) is 0 Å². The van der Waals surface area contributed by atoms with Gasteiger partial charge in [-0.3, -0.25) is 0 Å². The van der Waals surface area contributed by atoms with Crippen LogP contribution >= 0.6 is 0 Å². The average molecular weight is 307 g/mol. The van der Waals surface area contributed by atoms with Crippen molar-refractivity contribution >= 4 is 5.65 Å². The van der Waals surface area contributed by atoms with Crippen LogP contribution in [0.4, 0.5) is 0 Å². The summed E-state index contributed by atoms with van der Waals surface area (Å²) in [4.78, 5) is 0. The van der Waals surface area contributed by atoms with Crippen molar-refractivity contribution < 1.29 is 9.42 Å². The van der Waals surface area contributed by atoms with E-state index in [1.807, 2.05) is 67.3 Å². The van der Waals surface area contributed by atoms with Crippen LogP contribution in [0.5, 0.6) is 11.6 Å². The van der Waals surface area contributed by atoms with Crippen LogP contribution in [0.3, 0.4) is 0 Å². The van der Waals surface area contributed by atoms with Crippen LogP contribution in [0.2, 0.25) is 0 Å². The molecule has 0 bridgehead atoms. The first kappa shape index (κ1) is 13.4. The van der Waals surface area contributed by atoms with Gasteiger partial charge in [0.25, 0.3) is 0 Å². The minimum Gasteiger partial charge on any atom is -0.403 e. The molecule has 0 fully saturated rings. The molecule has 0 atom stereocenters. The summed E-state index contributed by atoms with van der Waals surface area (Å²) in [5, 5.41) is 15.8. The molecule has 0 aliphatic heterocycles. The lowest BCUT2D eigenvalue weighted by Gasteiger charge is -2.03. The summed E-state index contributed by atoms with van der Waals surface area (Å²) >= 11 is 0. The highest BCUT2D eigenvalue weighted by atomic mass is 16.5. The van der Waals surface area contributed by atoms with Crippen molar-refractivity contribution in [1.29, 1.82) is 0 Å². The van der Waals surface area contributed by atoms with Crippen LogP contribution in [0.25, 0.3) is 16.9 Å². The highest BCUT2D eigenvalue weighted by molar-refractivity contribution is 5.63. The lowest BCUT2D eigenvalue weighted by molar-refractivity contribution is -0.729. The predicted octanol–water partition coefficient (Wildman–Crippen LogP) is 2.04. The Morgan fingerprint density at radius 2 is 1.91 bits per heavy atom. The molecule has 0 aliphatic rings. The molecule has 1 aromatic carbocycles. The quantitative estimate of drug-likeness (QED) is 0.588. The van der Waals surface area contributed by atoms with Crippen molar-refractivity contribution in [2.24, 2.45) is 7.05 Å². The minimum absolute atomic E-state index is 0.689. The third kappa shape index (κ3) is 2.32. The lowest BCUT2D eigenvalue weighted by atomic mass is 10.2. The van der Waals surface area contributed by atoms with Crippen LogP contribution < -0.4 is 9.42 Å². The summed E-state index contributed by atoms with van der Waals surface area (Å²) in [5.74, 6) is 2.20. The Hall–Kier alpha value is -3.22. The fourth-order valence-corrected chi connectivity index (χ4v) is 2.41. The van der Waals surface area contributed by atoms with Crippen molar-refractivity contribution in [1.82, 2.24) is 24.9 Å². The van der Waals surface area contributed by atoms with Crippen molar-refractivity contribution in [3.05, 3.63) is 54.5 Å². The second-order valence-corrected chi connectivity index (χ2v) is 5.20. The molecule has 0 spiro atoms. The van der Waals surface area contributed by atoms with Crippen molar-refractivity contribution in [3.63, 3.8) is 0 Å². The van der Waals surface area contributed by atoms with Gasteiger partial charge in [0.1, 0.15) is 17.0 Å². The number of hydrogen-bond donors (Lipinski definition) is 1. The van der Waals surface area contributed by atoms with E-state index < -0.39 is 0 Å². The van der Waals surface area contributed by atoms with Gasteiger partial charge in [0, 0.05) is 0 Å². The zero-order valence-electron chi connectivity index (χ0n) is 12.8. The monoisotopic (exact) mass is 307 g/mol. The van der Waals surface area contributed by atoms with Gasteiger partial charge in [0.2, 0.25) is 0 Å². The molecule has 23 heavy (non-hydrogen) atoms. The molecule has 4 rings (SSSR count). The maximum Gasteiger partial charge on any atom is 0.408 e. The number of aromatic nitrogens is 6. The summed E-state index contributed by atoms with van der Waals surface area (Å²) < 4.78 is 9.54. The number of hydrogen-bond acceptors (Lipinski definition) is 4. The van der Waals surface area contributed by atoms with E-state index in [1.165, 1.54) is 0 Å². The summed E-state index contributed by atoms with van der Waals surface area (Å²) in [7, 11) is 1.89. The van der Waals surface area contributed by atoms with Gasteiger partial charge in [-0.2, -0.15) is 14.7 Å². The van der Waals surface area contributed by atoms with Crippen LogP contribution in [0, 0.1) is 6.92 Å². The van der Waals surface area contributed by atoms with Crippen LogP contribution in [0.15, 0.2) is 48.7 Å². The Balaban J connectivity index is 1.80. The first-order chi connectivity index (χ1) is 11.2. The standard InChI is InChI=1S/C16H14N6O/c1-11-18-19-15-9-8-14(20-22(11)15)13-10-17-21(2)16(13)23-12-6-4-3-5-7-12/h3-10H,1-2H3/p+1. The van der Waals surface area contributed by atoms with Crippen LogP contribution in [-0.2, 0) is 7.05 Å². The molecule has 3 aromatic heterocycles. The predicted molar refractivity (Wildman–Crippen MR) is 83.0 cm³/mol. The van der Waals surface area contributed by atoms with E-state index >= 15 is 0 Å². The first-order valence-corrected chi connectivity index (χ1v) is 7.22. The fraction of sp³-hybridized carbons (Fsp3) is 0.125. The molecule has 3 heterocycles. The number of aromatic amines is 1. The van der Waals surface area contributed by atoms with Crippen molar-refractivity contribution in [2.45, 2.75) is 6.92 Å². The van der Waals surface area contributed by atoms with Crippen LogP contribution in [0.1, 0.15) is 5.82 Å². The van der Waals surface area contributed by atoms with E-state index in [9.17, 15) is 0 Å². The Bertz CT molecular complexity index is 973. The lowest BCUT2D eigenvalue weighted by Crippen LogP contribution is -2.30. The molecule has 114 valence electrons. The van der Waals surface area contributed by atoms with Crippen molar-refractivity contribution in [2.75, 3.05) is 0 Å². The maximum absolute atomic E-state index is 6.01. The number of nitrogens with one attached hydrogen (secondary N) is 1. The highest BCUT2D eigenvalue weighted by Crippen LogP contribution is 2.28. The molecule has 7 nitrogen and oxygen atoms in total. The summed E-state index contributed by atoms with van der Waals surface area (Å²) in [5.41, 5.74) is 2.37. The summed E-state index contributed by atoms with van der Waals surface area (Å²) in [6.07, 6.45) is 1.87. The van der Waals surface area contributed by atoms with Gasteiger partial charge < -0.3 is 4.74 Å². The molecular formula is C16H15N6O+. The third-order valence-electron chi connectivity index (χ3n) is 3.59. The van der Waals surface area contributed by atoms with Gasteiger partial charge in [-0.15, -0.1) is 10.2 Å². The Morgan fingerprint density at radius 1 is 1.09 bits per heavy atom. The number of fused-ring (bicyclic) bond motifs is 1. The molecule has 0 unspecified atom stereocenters. The van der Waals surface area contributed by atoms with Gasteiger partial charge in [0.15, 0.2) is 18.5 Å². The fourth-order valence-electron chi connectivity index (χ4n) is 2.41. The van der Waals surface area contributed by atoms with Gasteiger partial charge in [-0.05, 0) is 31.2 Å². The van der Waals surface area contributed by atoms with Gasteiger partial charge in [-0.25, -0.2) is 0 Å². The van der Waals surface area contributed by atoms with E-state index in [0.717, 1.165) is 28.5 Å². The topological polar surface area (TPSA) is 72.0 Å². The first-order valence-electron chi connectivity index (χ1n) is 7.22. The van der Waals surface area contributed by atoms with Crippen LogP contribution in [-0.4, -0.2) is 24.9 Å². The van der Waals surface area contributed by atoms with Gasteiger partial charge in [-0.1, -0.05) is 22.9 Å². The average Bonchev–Trinajstić information content (AvgIpc) is 3.12. The van der Waals surface area contributed by atoms with E-state index in [1.54, 1.807) is 4.52 Å². The number of aryl methyl sites for hydroxylation is 2. The SMILES string of the molecule is Cc1nnc2ccc(-c3c[nH][n+](C)c3Oc3ccccc3)nn12. The zero-order valence-corrected chi connectivity index (χ0v) is 12.8. The summed E-state index contributed by atoms with van der Waals surface area (Å²) in [6, 6.07) is 13.5. The normalized spacial score (nSPS) is 11.0. The van der Waals surface area contributed by atoms with E-state index in [0.29, 0.717) is 5.88 Å². The number of benzene rings is 1. The molecule has 0 radical (unpaired) electrons. The molecule has 0 aliphatic carbocycles. The maximum atomic E-state index is 6.01. The third-order valence-corrected chi connectivity index (χ3v) is 3.59. The second kappa shape index (κ2) is 5.20. The number of para-hydroxylation sites is 1. The summed E-state index contributed by atoms with van der Waals surface area (Å²) in [6.45, 7) is 1.87. The number of rotatable bonds is 3. The smallest absolute Gasteiger partial charge is 0.403 e. The second-order valence-electron chi connectivity index (χ2n) is 5.20. The number of nitrogens with zero attached hydrogens (tertiary/aromatic N) is 5. The molecule has 0 saturated carbocycles. The Morgan fingerprint density at radius 3 is 2.74 bits per heavy atom. The Kier molecular flexibility index (Phi) is 3.04. The largest absolute Gasteiger partial charge is 0.408 e. The van der Waals surface area contributed by atoms with E-state index in [2.05, 4.69) is 20.4 Å². The minimum atomic E-state index is 0.689. The molecular weight excluding hydrogens is 292 g/mol. The van der Waals surface area contributed by atoms with Crippen molar-refractivity contribution in [3.8, 4) is 22.9 Å². The zero-order chi connectivity index (χ0) is 15.8. The molecule has 7 heteroatoms. The molecule has 0 amide bonds. The molecule has 4 aromatic rings.